The Morgan fingerprint density at radius 2 is 1.90 bits per heavy atom. The molecule has 1 aliphatic heterocycles. The van der Waals surface area contributed by atoms with Crippen molar-refractivity contribution < 1.29 is 22.7 Å². The second kappa shape index (κ2) is 8.86. The molecule has 3 rings (SSSR count). The predicted molar refractivity (Wildman–Crippen MR) is 119 cm³/mol. The Labute approximate surface area is 186 Å². The van der Waals surface area contributed by atoms with Crippen LogP contribution in [0.25, 0.3) is 0 Å². The van der Waals surface area contributed by atoms with Crippen molar-refractivity contribution in [3.05, 3.63) is 59.1 Å². The number of anilines is 1. The molecule has 166 valence electrons. The van der Waals surface area contributed by atoms with E-state index in [0.717, 1.165) is 16.1 Å². The minimum absolute atomic E-state index is 0.179. The summed E-state index contributed by atoms with van der Waals surface area (Å²) in [6.45, 7) is 1.22. The van der Waals surface area contributed by atoms with Gasteiger partial charge in [0.2, 0.25) is 21.8 Å². The fourth-order valence-corrected chi connectivity index (χ4v) is 4.49. The highest BCUT2D eigenvalue weighted by atomic mass is 35.5. The lowest BCUT2D eigenvalue weighted by Gasteiger charge is -2.46. The standard InChI is InChI=1S/C21H24ClN3O5S/c1-21(20(27)23-12-15-7-9-16(22)10-8-15)14-24(31(3,28)29)13-19(26)25(21)17-5-4-6-18(11-17)30-2/h4-11H,12-14H2,1-3H3,(H,23,27)/t21-/m1/s1. The molecule has 8 nitrogen and oxygen atoms in total. The van der Waals surface area contributed by atoms with E-state index in [1.54, 1.807) is 55.5 Å². The summed E-state index contributed by atoms with van der Waals surface area (Å²) in [6.07, 6.45) is 1.02. The number of nitrogens with zero attached hydrogens (tertiary/aromatic N) is 2. The van der Waals surface area contributed by atoms with Gasteiger partial charge in [-0.3, -0.25) is 14.5 Å². The van der Waals surface area contributed by atoms with Crippen LogP contribution in [0, 0.1) is 0 Å². The number of nitrogens with one attached hydrogen (secondary N) is 1. The van der Waals surface area contributed by atoms with Crippen molar-refractivity contribution in [3.8, 4) is 5.75 Å². The molecule has 2 aromatic rings. The van der Waals surface area contributed by atoms with Crippen LogP contribution in [0.5, 0.6) is 5.75 Å². The Bertz CT molecular complexity index is 1090. The van der Waals surface area contributed by atoms with Crippen molar-refractivity contribution in [1.82, 2.24) is 9.62 Å². The SMILES string of the molecule is COc1cccc(N2C(=O)CN(S(C)(=O)=O)C[C@]2(C)C(=O)NCc2ccc(Cl)cc2)c1. The van der Waals surface area contributed by atoms with Crippen LogP contribution in [0.3, 0.4) is 0 Å². The van der Waals surface area contributed by atoms with Gasteiger partial charge in [0.15, 0.2) is 0 Å². The Balaban J connectivity index is 1.96. The zero-order chi connectivity index (χ0) is 22.8. The third-order valence-electron chi connectivity index (χ3n) is 5.17. The van der Waals surface area contributed by atoms with Gasteiger partial charge in [-0.2, -0.15) is 4.31 Å². The fourth-order valence-electron chi connectivity index (χ4n) is 3.53. The number of carbonyl (C=O) groups excluding carboxylic acids is 2. The smallest absolute Gasteiger partial charge is 0.247 e. The summed E-state index contributed by atoms with van der Waals surface area (Å²) < 4.78 is 30.6. The molecule has 1 saturated heterocycles. The highest BCUT2D eigenvalue weighted by Crippen LogP contribution is 2.32. The van der Waals surface area contributed by atoms with Crippen molar-refractivity contribution in [3.63, 3.8) is 0 Å². The lowest BCUT2D eigenvalue weighted by molar-refractivity contribution is -0.133. The zero-order valence-electron chi connectivity index (χ0n) is 17.5. The zero-order valence-corrected chi connectivity index (χ0v) is 19.0. The lowest BCUT2D eigenvalue weighted by Crippen LogP contribution is -2.70. The van der Waals surface area contributed by atoms with E-state index in [1.165, 1.54) is 12.0 Å². The highest BCUT2D eigenvalue weighted by molar-refractivity contribution is 7.88. The van der Waals surface area contributed by atoms with E-state index in [-0.39, 0.29) is 19.6 Å². The molecule has 0 bridgehead atoms. The van der Waals surface area contributed by atoms with E-state index >= 15 is 0 Å². The summed E-state index contributed by atoms with van der Waals surface area (Å²) in [6, 6.07) is 13.7. The Hall–Kier alpha value is -2.62. The van der Waals surface area contributed by atoms with Crippen LogP contribution in [0.1, 0.15) is 12.5 Å². The molecule has 2 amide bonds. The second-order valence-corrected chi connectivity index (χ2v) is 9.96. The normalized spacial score (nSPS) is 19.9. The van der Waals surface area contributed by atoms with Crippen molar-refractivity contribution in [2.24, 2.45) is 0 Å². The average Bonchev–Trinajstić information content (AvgIpc) is 2.72. The van der Waals surface area contributed by atoms with Crippen molar-refractivity contribution in [2.45, 2.75) is 19.0 Å². The lowest BCUT2D eigenvalue weighted by atomic mass is 9.94. The van der Waals surface area contributed by atoms with Gasteiger partial charge in [0.25, 0.3) is 0 Å². The number of carbonyl (C=O) groups is 2. The summed E-state index contributed by atoms with van der Waals surface area (Å²) >= 11 is 5.90. The number of ether oxygens (including phenoxy) is 1. The van der Waals surface area contributed by atoms with E-state index in [1.807, 2.05) is 0 Å². The summed E-state index contributed by atoms with van der Waals surface area (Å²) in [5.41, 5.74) is -0.213. The monoisotopic (exact) mass is 465 g/mol. The van der Waals surface area contributed by atoms with Gasteiger partial charge >= 0.3 is 0 Å². The van der Waals surface area contributed by atoms with Crippen LogP contribution in [0.15, 0.2) is 48.5 Å². The maximum Gasteiger partial charge on any atom is 0.247 e. The van der Waals surface area contributed by atoms with Crippen LogP contribution in [-0.2, 0) is 26.2 Å². The highest BCUT2D eigenvalue weighted by Gasteiger charge is 2.50. The van der Waals surface area contributed by atoms with Gasteiger partial charge in [0.05, 0.1) is 19.9 Å². The molecule has 1 heterocycles. The van der Waals surface area contributed by atoms with Gasteiger partial charge in [-0.15, -0.1) is 0 Å². The molecule has 0 unspecified atom stereocenters. The van der Waals surface area contributed by atoms with Crippen molar-refractivity contribution in [2.75, 3.05) is 31.4 Å². The molecule has 1 N–H and O–H groups in total. The first kappa shape index (κ1) is 23.1. The number of halogens is 1. The molecular weight excluding hydrogens is 442 g/mol. The molecule has 0 aromatic heterocycles. The van der Waals surface area contributed by atoms with E-state index in [2.05, 4.69) is 5.32 Å². The molecule has 1 fully saturated rings. The Kier molecular flexibility index (Phi) is 6.59. The molecule has 1 aliphatic rings. The minimum Gasteiger partial charge on any atom is -0.497 e. The molecule has 0 saturated carbocycles. The molecule has 0 aliphatic carbocycles. The molecule has 1 atom stereocenters. The number of benzene rings is 2. The van der Waals surface area contributed by atoms with Gasteiger partial charge in [-0.1, -0.05) is 29.8 Å². The molecule has 0 spiro atoms. The van der Waals surface area contributed by atoms with E-state index < -0.39 is 27.4 Å². The fraction of sp³-hybridized carbons (Fsp3) is 0.333. The molecule has 10 heteroatoms. The minimum atomic E-state index is -3.69. The predicted octanol–water partition coefficient (Wildman–Crippen LogP) is 2.03. The first-order valence-corrected chi connectivity index (χ1v) is 11.7. The Morgan fingerprint density at radius 3 is 2.52 bits per heavy atom. The quantitative estimate of drug-likeness (QED) is 0.704. The van der Waals surface area contributed by atoms with Crippen LogP contribution >= 0.6 is 11.6 Å². The topological polar surface area (TPSA) is 96.0 Å². The van der Waals surface area contributed by atoms with Gasteiger partial charge < -0.3 is 10.1 Å². The summed E-state index contributed by atoms with van der Waals surface area (Å²) in [4.78, 5) is 27.7. The van der Waals surface area contributed by atoms with Crippen LogP contribution < -0.4 is 15.0 Å². The number of methoxy groups -OCH3 is 1. The van der Waals surface area contributed by atoms with Crippen molar-refractivity contribution in [1.29, 1.82) is 0 Å². The number of sulfonamides is 1. The average molecular weight is 466 g/mol. The summed E-state index contributed by atoms with van der Waals surface area (Å²) in [5, 5.41) is 3.40. The van der Waals surface area contributed by atoms with E-state index in [0.29, 0.717) is 16.5 Å². The molecule has 0 radical (unpaired) electrons. The number of hydrogen-bond donors (Lipinski definition) is 1. The number of hydrogen-bond acceptors (Lipinski definition) is 5. The van der Waals surface area contributed by atoms with Gasteiger partial charge in [-0.05, 0) is 36.8 Å². The number of amides is 2. The summed E-state index contributed by atoms with van der Waals surface area (Å²) in [7, 11) is -2.19. The molecule has 31 heavy (non-hydrogen) atoms. The van der Waals surface area contributed by atoms with Crippen molar-refractivity contribution >= 4 is 39.1 Å². The third-order valence-corrected chi connectivity index (χ3v) is 6.62. The number of piperazine rings is 1. The third kappa shape index (κ3) is 5.00. The first-order valence-electron chi connectivity index (χ1n) is 9.49. The van der Waals surface area contributed by atoms with Crippen LogP contribution in [-0.4, -0.2) is 56.5 Å². The first-order chi connectivity index (χ1) is 14.5. The maximum atomic E-state index is 13.3. The van der Waals surface area contributed by atoms with Gasteiger partial charge in [0, 0.05) is 29.9 Å². The molecule has 2 aromatic carbocycles. The maximum absolute atomic E-state index is 13.3. The van der Waals surface area contributed by atoms with E-state index in [9.17, 15) is 18.0 Å². The van der Waals surface area contributed by atoms with Crippen LogP contribution in [0.4, 0.5) is 5.69 Å². The van der Waals surface area contributed by atoms with Gasteiger partial charge in [-0.25, -0.2) is 8.42 Å². The summed E-state index contributed by atoms with van der Waals surface area (Å²) in [5.74, 6) is -0.471. The van der Waals surface area contributed by atoms with Crippen LogP contribution in [0.2, 0.25) is 5.02 Å². The van der Waals surface area contributed by atoms with Gasteiger partial charge in [0.1, 0.15) is 11.3 Å². The second-order valence-electron chi connectivity index (χ2n) is 7.54. The number of rotatable bonds is 6. The Morgan fingerprint density at radius 1 is 1.23 bits per heavy atom. The van der Waals surface area contributed by atoms with E-state index in [4.69, 9.17) is 16.3 Å². The molecular formula is C21H24ClN3O5S. The largest absolute Gasteiger partial charge is 0.497 e.